The molecule has 8 atom stereocenters. The Balaban J connectivity index is 0.927. The van der Waals surface area contributed by atoms with E-state index in [1.165, 1.54) is 91.4 Å². The van der Waals surface area contributed by atoms with Gasteiger partial charge in [0.25, 0.3) is 0 Å². The van der Waals surface area contributed by atoms with Gasteiger partial charge in [-0.05, 0) is 122 Å². The summed E-state index contributed by atoms with van der Waals surface area (Å²) in [6.45, 7) is 0. The normalized spacial score (nSPS) is 32.4. The Morgan fingerprint density at radius 2 is 1.54 bits per heavy atom. The highest BCUT2D eigenvalue weighted by molar-refractivity contribution is 5.69. The van der Waals surface area contributed by atoms with Crippen molar-refractivity contribution in [3.05, 3.63) is 161 Å². The van der Waals surface area contributed by atoms with Crippen LogP contribution in [0.3, 0.4) is 0 Å². The van der Waals surface area contributed by atoms with Crippen molar-refractivity contribution in [1.29, 1.82) is 0 Å². The number of para-hydroxylation sites is 1. The molecule has 0 bridgehead atoms. The van der Waals surface area contributed by atoms with Gasteiger partial charge in [0.05, 0.1) is 12.1 Å². The van der Waals surface area contributed by atoms with Crippen molar-refractivity contribution < 1.29 is 0 Å². The smallest absolute Gasteiger partial charge is 0.0549 e. The molecule has 7 aliphatic rings. The van der Waals surface area contributed by atoms with E-state index in [2.05, 4.69) is 143 Å². The molecular formula is C48H50N2. The number of nitrogens with zero attached hydrogens (tertiary/aromatic N) is 2. The van der Waals surface area contributed by atoms with Crippen LogP contribution >= 0.6 is 0 Å². The van der Waals surface area contributed by atoms with Crippen LogP contribution in [0.2, 0.25) is 0 Å². The summed E-state index contributed by atoms with van der Waals surface area (Å²) < 4.78 is 0. The Morgan fingerprint density at radius 1 is 0.660 bits per heavy atom. The first-order chi connectivity index (χ1) is 24.8. The van der Waals surface area contributed by atoms with Gasteiger partial charge in [0.2, 0.25) is 0 Å². The van der Waals surface area contributed by atoms with Crippen LogP contribution in [0.4, 0.5) is 11.4 Å². The maximum absolute atomic E-state index is 2.86. The maximum Gasteiger partial charge on any atom is 0.0549 e. The van der Waals surface area contributed by atoms with Crippen LogP contribution in [-0.2, 0) is 0 Å². The Morgan fingerprint density at radius 3 is 2.42 bits per heavy atom. The zero-order valence-electron chi connectivity index (χ0n) is 29.3. The summed E-state index contributed by atoms with van der Waals surface area (Å²) in [6, 6.07) is 32.0. The van der Waals surface area contributed by atoms with E-state index in [1.807, 2.05) is 0 Å². The fraction of sp³-hybridized carbons (Fsp3) is 0.375. The lowest BCUT2D eigenvalue weighted by molar-refractivity contribution is 0.398. The molecule has 2 heteroatoms. The maximum atomic E-state index is 2.86. The Bertz CT molecular complexity index is 1940. The lowest BCUT2D eigenvalue weighted by Gasteiger charge is -2.40. The molecule has 3 aromatic rings. The van der Waals surface area contributed by atoms with Gasteiger partial charge in [0, 0.05) is 41.2 Å². The molecule has 2 nitrogen and oxygen atoms in total. The number of hydrogen-bond acceptors (Lipinski definition) is 2. The molecule has 1 saturated heterocycles. The van der Waals surface area contributed by atoms with Gasteiger partial charge in [-0.3, -0.25) is 0 Å². The van der Waals surface area contributed by atoms with E-state index in [9.17, 15) is 0 Å². The molecule has 0 aromatic heterocycles. The quantitative estimate of drug-likeness (QED) is 0.253. The van der Waals surface area contributed by atoms with Gasteiger partial charge >= 0.3 is 0 Å². The zero-order chi connectivity index (χ0) is 33.0. The molecule has 8 unspecified atom stereocenters. The van der Waals surface area contributed by atoms with E-state index in [0.717, 1.165) is 6.42 Å². The summed E-state index contributed by atoms with van der Waals surface area (Å²) >= 11 is 0. The lowest BCUT2D eigenvalue weighted by Crippen LogP contribution is -2.43. The Labute approximate surface area is 299 Å². The summed E-state index contributed by atoms with van der Waals surface area (Å²) in [5.74, 6) is 2.27. The van der Waals surface area contributed by atoms with Gasteiger partial charge in [0.15, 0.2) is 0 Å². The monoisotopic (exact) mass is 654 g/mol. The minimum atomic E-state index is 0.424. The molecule has 0 saturated carbocycles. The molecule has 50 heavy (non-hydrogen) atoms. The summed E-state index contributed by atoms with van der Waals surface area (Å²) in [7, 11) is 0. The first-order valence-corrected chi connectivity index (χ1v) is 19.7. The van der Waals surface area contributed by atoms with Crippen LogP contribution < -0.4 is 9.80 Å². The van der Waals surface area contributed by atoms with Crippen molar-refractivity contribution in [2.75, 3.05) is 9.80 Å². The summed E-state index contributed by atoms with van der Waals surface area (Å²) in [5.41, 5.74) is 12.0. The van der Waals surface area contributed by atoms with Crippen molar-refractivity contribution in [3.63, 3.8) is 0 Å². The van der Waals surface area contributed by atoms with Crippen molar-refractivity contribution in [2.45, 2.75) is 100 Å². The number of benzene rings is 3. The molecule has 0 N–H and O–H groups in total. The molecule has 1 fully saturated rings. The topological polar surface area (TPSA) is 6.48 Å². The molecule has 0 spiro atoms. The van der Waals surface area contributed by atoms with E-state index >= 15 is 0 Å². The van der Waals surface area contributed by atoms with Crippen LogP contribution in [0.5, 0.6) is 0 Å². The van der Waals surface area contributed by atoms with Gasteiger partial charge < -0.3 is 9.80 Å². The average Bonchev–Trinajstić information content (AvgIpc) is 3.71. The van der Waals surface area contributed by atoms with Gasteiger partial charge in [0.1, 0.15) is 0 Å². The molecular weight excluding hydrogens is 605 g/mol. The highest BCUT2D eigenvalue weighted by atomic mass is 15.2. The molecule has 3 aromatic carbocycles. The first kappa shape index (κ1) is 30.5. The van der Waals surface area contributed by atoms with E-state index in [0.29, 0.717) is 47.8 Å². The van der Waals surface area contributed by atoms with E-state index in [1.54, 1.807) is 11.1 Å². The Kier molecular flexibility index (Phi) is 7.81. The number of hydrogen-bond donors (Lipinski definition) is 0. The number of allylic oxidation sites excluding steroid dienone is 7. The third kappa shape index (κ3) is 5.21. The standard InChI is InChI=1S/C48H50N2/c1-3-12-33(13-4-1)35-22-26-39(27-23-35)49-45-20-9-7-18-41(45)43-31-37(24-28-47(43)49)38-25-29-48-44(32-38)42-19-8-10-21-46(42)50(48)40-17-11-16-36(30-40)34-14-5-2-6-15-34/h1,3-5,7,9-14,16-18,20-22,25,29-32,34,39,42-44,46-48H,2,6,8,15,19,23-24,26-28H2. The average molecular weight is 655 g/mol. The zero-order valence-corrected chi connectivity index (χ0v) is 29.3. The van der Waals surface area contributed by atoms with Crippen molar-refractivity contribution in [2.24, 2.45) is 11.8 Å². The number of rotatable bonds is 5. The van der Waals surface area contributed by atoms with Crippen molar-refractivity contribution in [3.8, 4) is 0 Å². The summed E-state index contributed by atoms with van der Waals surface area (Å²) in [6.07, 6.45) is 35.1. The van der Waals surface area contributed by atoms with Crippen LogP contribution in [0.25, 0.3) is 5.57 Å². The molecule has 10 rings (SSSR count). The second-order valence-electron chi connectivity index (χ2n) is 16.0. The molecule has 2 heterocycles. The number of fused-ring (bicyclic) bond motifs is 6. The first-order valence-electron chi connectivity index (χ1n) is 19.7. The van der Waals surface area contributed by atoms with Crippen LogP contribution in [-0.4, -0.2) is 24.2 Å². The van der Waals surface area contributed by atoms with E-state index in [-0.39, 0.29) is 0 Å². The van der Waals surface area contributed by atoms with E-state index in [4.69, 9.17) is 0 Å². The number of anilines is 2. The summed E-state index contributed by atoms with van der Waals surface area (Å²) in [4.78, 5) is 5.64. The lowest BCUT2D eigenvalue weighted by atomic mass is 9.75. The predicted octanol–water partition coefficient (Wildman–Crippen LogP) is 11.5. The second kappa shape index (κ2) is 12.8. The Hall–Kier alpha value is -4.30. The van der Waals surface area contributed by atoms with E-state index < -0.39 is 0 Å². The van der Waals surface area contributed by atoms with Gasteiger partial charge in [-0.15, -0.1) is 0 Å². The van der Waals surface area contributed by atoms with Gasteiger partial charge in [-0.1, -0.05) is 115 Å². The second-order valence-corrected chi connectivity index (χ2v) is 16.0. The fourth-order valence-electron chi connectivity index (χ4n) is 11.0. The molecule has 2 aliphatic heterocycles. The largest absolute Gasteiger partial charge is 0.364 e. The molecule has 0 radical (unpaired) electrons. The molecule has 252 valence electrons. The van der Waals surface area contributed by atoms with Crippen LogP contribution in [0.1, 0.15) is 92.7 Å². The van der Waals surface area contributed by atoms with Crippen molar-refractivity contribution >= 4 is 16.9 Å². The third-order valence-electron chi connectivity index (χ3n) is 13.4. The minimum absolute atomic E-state index is 0.424. The highest BCUT2D eigenvalue weighted by Crippen LogP contribution is 2.52. The SMILES string of the molecule is C1=CC(c2cccc(N3C4C=CC(C5=CC6c7ccccc7N(C7CC=C(c8ccccc8)CC7)C6CC5)=CC4C4CCC=CC43)c2)CCC1. The van der Waals surface area contributed by atoms with Crippen molar-refractivity contribution in [1.82, 2.24) is 0 Å². The van der Waals surface area contributed by atoms with Crippen LogP contribution in [0.15, 0.2) is 145 Å². The molecule has 0 amide bonds. The van der Waals surface area contributed by atoms with Crippen LogP contribution in [0, 0.1) is 11.8 Å². The predicted molar refractivity (Wildman–Crippen MR) is 210 cm³/mol. The fourth-order valence-corrected chi connectivity index (χ4v) is 11.0. The highest BCUT2D eigenvalue weighted by Gasteiger charge is 2.48. The third-order valence-corrected chi connectivity index (χ3v) is 13.4. The van der Waals surface area contributed by atoms with Gasteiger partial charge in [-0.2, -0.15) is 0 Å². The minimum Gasteiger partial charge on any atom is -0.364 e. The van der Waals surface area contributed by atoms with Gasteiger partial charge in [-0.25, -0.2) is 0 Å². The summed E-state index contributed by atoms with van der Waals surface area (Å²) in [5, 5.41) is 0. The molecule has 5 aliphatic carbocycles.